The zero-order chi connectivity index (χ0) is 14.6. The molecule has 0 aromatic rings. The van der Waals surface area contributed by atoms with Crippen molar-refractivity contribution in [1.29, 1.82) is 0 Å². The molecule has 0 aromatic carbocycles. The van der Waals surface area contributed by atoms with Gasteiger partial charge in [-0.3, -0.25) is 9.59 Å². The third-order valence-corrected chi connectivity index (χ3v) is 3.19. The van der Waals surface area contributed by atoms with E-state index in [1.54, 1.807) is 23.5 Å². The van der Waals surface area contributed by atoms with Crippen LogP contribution in [0.15, 0.2) is 0 Å². The van der Waals surface area contributed by atoms with Crippen LogP contribution in [-0.2, 0) is 26.7 Å². The van der Waals surface area contributed by atoms with Gasteiger partial charge in [-0.25, -0.2) is 0 Å². The number of nitrogens with two attached hydrogens (primary N) is 2. The molecule has 2 atom stereocenters. The standard InChI is InChI=1S/2C5H11NO2S.Fe/c2*1-9-3-2-4(6)5(7)8;/h2*4H,2-3,6H2,1H3,(H,7,8);/t2*4-;/m00./s1. The second kappa shape index (κ2) is 16.1. The van der Waals surface area contributed by atoms with Gasteiger partial charge in [-0.15, -0.1) is 0 Å². The Balaban J connectivity index is -0.000000256. The summed E-state index contributed by atoms with van der Waals surface area (Å²) in [6.45, 7) is 0. The van der Waals surface area contributed by atoms with E-state index in [0.717, 1.165) is 11.5 Å². The third-order valence-electron chi connectivity index (χ3n) is 1.90. The molecule has 0 aliphatic carbocycles. The average molecular weight is 354 g/mol. The number of thioether (sulfide) groups is 2. The van der Waals surface area contributed by atoms with Gasteiger partial charge < -0.3 is 21.7 Å². The Kier molecular flexibility index (Phi) is 20.5. The Bertz CT molecular complexity index is 224. The zero-order valence-electron chi connectivity index (χ0n) is 11.0. The number of carboxylic acids is 2. The number of hydrogen-bond donors (Lipinski definition) is 4. The second-order valence-electron chi connectivity index (χ2n) is 3.45. The quantitative estimate of drug-likeness (QED) is 0.459. The molecule has 0 heterocycles. The molecule has 0 saturated heterocycles. The van der Waals surface area contributed by atoms with Crippen molar-refractivity contribution in [1.82, 2.24) is 0 Å². The maximum absolute atomic E-state index is 10.1. The first kappa shape index (κ1) is 24.1. The summed E-state index contributed by atoms with van der Waals surface area (Å²) >= 11 is 3.21. The van der Waals surface area contributed by atoms with Crippen molar-refractivity contribution in [3.63, 3.8) is 0 Å². The van der Waals surface area contributed by atoms with E-state index in [4.69, 9.17) is 21.7 Å². The van der Waals surface area contributed by atoms with Crippen LogP contribution in [-0.4, -0.2) is 58.3 Å². The van der Waals surface area contributed by atoms with Gasteiger partial charge in [0.2, 0.25) is 0 Å². The second-order valence-corrected chi connectivity index (χ2v) is 5.42. The topological polar surface area (TPSA) is 127 Å². The van der Waals surface area contributed by atoms with Crippen LogP contribution in [0.25, 0.3) is 0 Å². The van der Waals surface area contributed by atoms with E-state index >= 15 is 0 Å². The number of hydrogen-bond acceptors (Lipinski definition) is 6. The van der Waals surface area contributed by atoms with Gasteiger partial charge in [0.25, 0.3) is 0 Å². The molecule has 0 spiro atoms. The van der Waals surface area contributed by atoms with Crippen molar-refractivity contribution in [2.75, 3.05) is 24.0 Å². The van der Waals surface area contributed by atoms with Crippen LogP contribution in [0.5, 0.6) is 0 Å². The van der Waals surface area contributed by atoms with Gasteiger partial charge in [-0.1, -0.05) is 0 Å². The van der Waals surface area contributed by atoms with Gasteiger partial charge in [0.15, 0.2) is 0 Å². The molecule has 19 heavy (non-hydrogen) atoms. The minimum absolute atomic E-state index is 0. The first-order valence-electron chi connectivity index (χ1n) is 5.31. The number of aliphatic carboxylic acids is 2. The number of rotatable bonds is 8. The molecule has 6 N–H and O–H groups in total. The van der Waals surface area contributed by atoms with Crippen LogP contribution in [0.4, 0.5) is 0 Å². The fraction of sp³-hybridized carbons (Fsp3) is 0.800. The van der Waals surface area contributed by atoms with Gasteiger partial charge in [0.05, 0.1) is 0 Å². The fourth-order valence-corrected chi connectivity index (χ4v) is 1.72. The molecule has 0 rings (SSSR count). The van der Waals surface area contributed by atoms with Crippen LogP contribution < -0.4 is 11.5 Å². The summed E-state index contributed by atoms with van der Waals surface area (Å²) in [7, 11) is 0. The first-order chi connectivity index (χ1) is 8.36. The minimum Gasteiger partial charge on any atom is -0.480 e. The predicted octanol–water partition coefficient (Wildman–Crippen LogP) is 0.300. The summed E-state index contributed by atoms with van der Waals surface area (Å²) in [6.07, 6.45) is 4.95. The van der Waals surface area contributed by atoms with E-state index < -0.39 is 24.0 Å². The van der Waals surface area contributed by atoms with Crippen molar-refractivity contribution < 1.29 is 36.9 Å². The summed E-state index contributed by atoms with van der Waals surface area (Å²) in [5.41, 5.74) is 10.4. The molecule has 0 unspecified atom stereocenters. The molecular formula is C10H22FeN2O4S2. The van der Waals surface area contributed by atoms with Gasteiger partial charge in [0, 0.05) is 17.1 Å². The molecule has 9 heteroatoms. The van der Waals surface area contributed by atoms with Crippen molar-refractivity contribution in [3.8, 4) is 0 Å². The summed E-state index contributed by atoms with van der Waals surface area (Å²) in [6, 6.07) is -1.37. The summed E-state index contributed by atoms with van der Waals surface area (Å²) in [5.74, 6) is -0.200. The zero-order valence-corrected chi connectivity index (χ0v) is 13.8. The van der Waals surface area contributed by atoms with E-state index in [2.05, 4.69) is 0 Å². The van der Waals surface area contributed by atoms with Crippen LogP contribution >= 0.6 is 23.5 Å². The maximum atomic E-state index is 10.1. The molecule has 0 fully saturated rings. The van der Waals surface area contributed by atoms with Gasteiger partial charge in [0.1, 0.15) is 12.1 Å². The SMILES string of the molecule is CSCC[C@H](N)C(=O)O.CSCC[C@H](N)C(=O)O.[Fe]. The average Bonchev–Trinajstić information content (AvgIpc) is 2.33. The summed E-state index contributed by atoms with van der Waals surface area (Å²) < 4.78 is 0. The summed E-state index contributed by atoms with van der Waals surface area (Å²) in [4.78, 5) is 20.1. The van der Waals surface area contributed by atoms with E-state index in [9.17, 15) is 9.59 Å². The molecule has 0 aromatic heterocycles. The largest absolute Gasteiger partial charge is 0.480 e. The van der Waals surface area contributed by atoms with Crippen molar-refractivity contribution in [2.45, 2.75) is 24.9 Å². The van der Waals surface area contributed by atoms with Crippen LogP contribution in [0.1, 0.15) is 12.8 Å². The Labute approximate surface area is 132 Å². The smallest absolute Gasteiger partial charge is 0.320 e. The molecule has 0 bridgehead atoms. The monoisotopic (exact) mass is 354 g/mol. The molecule has 0 amide bonds. The third kappa shape index (κ3) is 18.1. The first-order valence-corrected chi connectivity index (χ1v) is 8.10. The Morgan fingerprint density at radius 3 is 1.37 bits per heavy atom. The van der Waals surface area contributed by atoms with E-state index in [1.807, 2.05) is 12.5 Å². The van der Waals surface area contributed by atoms with Crippen LogP contribution in [0, 0.1) is 0 Å². The van der Waals surface area contributed by atoms with Crippen LogP contribution in [0.3, 0.4) is 0 Å². The van der Waals surface area contributed by atoms with Crippen molar-refractivity contribution in [3.05, 3.63) is 0 Å². The van der Waals surface area contributed by atoms with E-state index in [-0.39, 0.29) is 17.1 Å². The molecule has 0 aliphatic heterocycles. The van der Waals surface area contributed by atoms with Gasteiger partial charge in [-0.05, 0) is 36.9 Å². The normalized spacial score (nSPS) is 12.4. The van der Waals surface area contributed by atoms with Gasteiger partial charge >= 0.3 is 11.9 Å². The molecule has 6 nitrogen and oxygen atoms in total. The predicted molar refractivity (Wildman–Crippen MR) is 77.2 cm³/mol. The van der Waals surface area contributed by atoms with Crippen molar-refractivity contribution >= 4 is 35.5 Å². The molecule has 116 valence electrons. The number of carbonyl (C=O) groups is 2. The van der Waals surface area contributed by atoms with Gasteiger partial charge in [-0.2, -0.15) is 23.5 Å². The van der Waals surface area contributed by atoms with Crippen molar-refractivity contribution in [2.24, 2.45) is 11.5 Å². The molecule has 0 aliphatic rings. The number of carboxylic acid groups (broad SMARTS) is 2. The molecular weight excluding hydrogens is 332 g/mol. The fourth-order valence-electron chi connectivity index (χ4n) is 0.737. The Morgan fingerprint density at radius 1 is 0.947 bits per heavy atom. The summed E-state index contributed by atoms with van der Waals surface area (Å²) in [5, 5.41) is 16.5. The minimum atomic E-state index is -0.913. The molecule has 0 radical (unpaired) electrons. The maximum Gasteiger partial charge on any atom is 0.320 e. The molecule has 0 saturated carbocycles. The Hall–Kier alpha value is 0.0795. The Morgan fingerprint density at radius 2 is 1.21 bits per heavy atom. The van der Waals surface area contributed by atoms with Crippen LogP contribution in [0.2, 0.25) is 0 Å². The van der Waals surface area contributed by atoms with E-state index in [1.165, 1.54) is 0 Å². The van der Waals surface area contributed by atoms with E-state index in [0.29, 0.717) is 12.8 Å².